The Kier molecular flexibility index (Phi) is 7.37. The van der Waals surface area contributed by atoms with Crippen molar-refractivity contribution in [3.05, 3.63) is 42.0 Å². The van der Waals surface area contributed by atoms with Crippen LogP contribution in [0.25, 0.3) is 10.8 Å². The largest absolute Gasteiger partial charge is 1.00 e. The summed E-state index contributed by atoms with van der Waals surface area (Å²) in [7, 11) is 0. The zero-order valence-electron chi connectivity index (χ0n) is 14.2. The molecule has 0 spiro atoms. The van der Waals surface area contributed by atoms with Gasteiger partial charge in [0.1, 0.15) is 5.60 Å². The first kappa shape index (κ1) is 21.5. The second-order valence-electron chi connectivity index (χ2n) is 6.29. The van der Waals surface area contributed by atoms with Crippen molar-refractivity contribution in [2.75, 3.05) is 0 Å². The SMILES string of the molecule is CC(C)(C)OC(=O)NCc1cccc2c([B-](F)(F)F)cccc12.[K+]. The smallest absolute Gasteiger partial charge is 0.445 e. The standard InChI is InChI=1S/C16H18BF3NO2.K/c1-16(2,3)23-15(22)21-10-11-6-4-8-13-12(11)7-5-9-14(13)17(18,19)20;/h4-9H,10H2,1-3H3,(H,21,22);/q-1;+1. The molecule has 0 atom stereocenters. The Morgan fingerprint density at radius 1 is 1.08 bits per heavy atom. The number of rotatable bonds is 3. The summed E-state index contributed by atoms with van der Waals surface area (Å²) in [5.74, 6) is 0. The summed E-state index contributed by atoms with van der Waals surface area (Å²) in [5, 5.41) is 3.18. The van der Waals surface area contributed by atoms with E-state index in [0.29, 0.717) is 10.9 Å². The number of ether oxygens (including phenoxy) is 1. The first-order chi connectivity index (χ1) is 10.6. The number of alkyl carbamates (subject to hydrolysis) is 1. The summed E-state index contributed by atoms with van der Waals surface area (Å²) >= 11 is 0. The van der Waals surface area contributed by atoms with E-state index in [1.54, 1.807) is 39.0 Å². The number of amides is 1. The number of hydrogen-bond donors (Lipinski definition) is 1. The number of carbonyl (C=O) groups is 1. The number of carbonyl (C=O) groups excluding carboxylic acids is 1. The van der Waals surface area contributed by atoms with E-state index in [2.05, 4.69) is 5.32 Å². The molecule has 8 heteroatoms. The van der Waals surface area contributed by atoms with Crippen LogP contribution in [0.4, 0.5) is 17.7 Å². The molecule has 0 unspecified atom stereocenters. The summed E-state index contributed by atoms with van der Waals surface area (Å²) in [6.45, 7) is 0.223. The Morgan fingerprint density at radius 2 is 1.67 bits per heavy atom. The van der Waals surface area contributed by atoms with E-state index in [0.717, 1.165) is 6.07 Å². The van der Waals surface area contributed by atoms with Crippen LogP contribution in [0.3, 0.4) is 0 Å². The molecule has 1 amide bonds. The number of hydrogen-bond acceptors (Lipinski definition) is 2. The van der Waals surface area contributed by atoms with Gasteiger partial charge in [0.05, 0.1) is 0 Å². The molecule has 0 aliphatic heterocycles. The second kappa shape index (κ2) is 8.23. The molecular formula is C16H18BF3KNO2. The van der Waals surface area contributed by atoms with Crippen molar-refractivity contribution in [2.24, 2.45) is 0 Å². The zero-order chi connectivity index (χ0) is 17.3. The molecule has 0 aliphatic rings. The number of nitrogens with one attached hydrogen (secondary N) is 1. The van der Waals surface area contributed by atoms with Crippen LogP contribution >= 0.6 is 0 Å². The molecule has 1 N–H and O–H groups in total. The van der Waals surface area contributed by atoms with Gasteiger partial charge in [-0.15, -0.1) is 5.46 Å². The van der Waals surface area contributed by atoms with Crippen molar-refractivity contribution in [1.29, 1.82) is 0 Å². The van der Waals surface area contributed by atoms with Crippen LogP contribution in [0, 0.1) is 0 Å². The van der Waals surface area contributed by atoms with E-state index in [-0.39, 0.29) is 63.3 Å². The van der Waals surface area contributed by atoms with Crippen molar-refractivity contribution in [3.63, 3.8) is 0 Å². The average Bonchev–Trinajstić information content (AvgIpc) is 2.41. The third-order valence-corrected chi connectivity index (χ3v) is 3.22. The second-order valence-corrected chi connectivity index (χ2v) is 6.29. The van der Waals surface area contributed by atoms with Crippen LogP contribution in [0.5, 0.6) is 0 Å². The van der Waals surface area contributed by atoms with E-state index >= 15 is 0 Å². The molecule has 0 fully saturated rings. The number of halogens is 3. The predicted molar refractivity (Wildman–Crippen MR) is 85.7 cm³/mol. The van der Waals surface area contributed by atoms with Gasteiger partial charge >= 0.3 is 64.5 Å². The zero-order valence-corrected chi connectivity index (χ0v) is 17.3. The van der Waals surface area contributed by atoms with Crippen LogP contribution in [-0.4, -0.2) is 18.7 Å². The van der Waals surface area contributed by atoms with Crippen molar-refractivity contribution < 1.29 is 73.9 Å². The molecule has 0 saturated heterocycles. The van der Waals surface area contributed by atoms with E-state index in [1.165, 1.54) is 12.1 Å². The summed E-state index contributed by atoms with van der Waals surface area (Å²) in [5.41, 5.74) is -0.647. The molecule has 0 heterocycles. The predicted octanol–water partition coefficient (Wildman–Crippen LogP) is 0.923. The van der Waals surface area contributed by atoms with Gasteiger partial charge in [-0.2, -0.15) is 0 Å². The number of fused-ring (bicyclic) bond motifs is 1. The van der Waals surface area contributed by atoms with E-state index < -0.39 is 24.1 Å². The monoisotopic (exact) mass is 363 g/mol. The minimum atomic E-state index is -5.09. The summed E-state index contributed by atoms with van der Waals surface area (Å²) in [6, 6.07) is 8.76. The van der Waals surface area contributed by atoms with Crippen LogP contribution < -0.4 is 62.2 Å². The minimum Gasteiger partial charge on any atom is -0.445 e. The number of benzene rings is 2. The van der Waals surface area contributed by atoms with Gasteiger partial charge in [0, 0.05) is 6.54 Å². The third-order valence-electron chi connectivity index (χ3n) is 3.22. The molecule has 24 heavy (non-hydrogen) atoms. The fraction of sp³-hybridized carbons (Fsp3) is 0.312. The normalized spacial score (nSPS) is 11.8. The van der Waals surface area contributed by atoms with Gasteiger partial charge in [-0.3, -0.25) is 0 Å². The quantitative estimate of drug-likeness (QED) is 0.824. The van der Waals surface area contributed by atoms with Gasteiger partial charge in [-0.25, -0.2) is 4.79 Å². The Labute approximate surface area is 181 Å². The molecule has 0 aromatic heterocycles. The molecule has 2 aromatic rings. The third kappa shape index (κ3) is 5.77. The molecule has 0 saturated carbocycles. The van der Waals surface area contributed by atoms with Gasteiger partial charge in [-0.1, -0.05) is 36.4 Å². The van der Waals surface area contributed by atoms with Gasteiger partial charge < -0.3 is 23.0 Å². The molecule has 0 aliphatic carbocycles. The first-order valence-corrected chi connectivity index (χ1v) is 7.25. The fourth-order valence-electron chi connectivity index (χ4n) is 2.32. The fourth-order valence-corrected chi connectivity index (χ4v) is 2.32. The van der Waals surface area contributed by atoms with Crippen molar-refractivity contribution in [3.8, 4) is 0 Å². The maximum Gasteiger partial charge on any atom is 1.00 e. The van der Waals surface area contributed by atoms with E-state index in [4.69, 9.17) is 4.74 Å². The maximum absolute atomic E-state index is 13.1. The van der Waals surface area contributed by atoms with Crippen LogP contribution in [0.15, 0.2) is 36.4 Å². The van der Waals surface area contributed by atoms with Gasteiger partial charge in [0.25, 0.3) is 0 Å². The summed E-state index contributed by atoms with van der Waals surface area (Å²) in [6.07, 6.45) is -0.606. The Balaban J connectivity index is 0.00000288. The Bertz CT molecular complexity index is 729. The summed E-state index contributed by atoms with van der Waals surface area (Å²) in [4.78, 5) is 11.7. The molecule has 0 bridgehead atoms. The Morgan fingerprint density at radius 3 is 2.25 bits per heavy atom. The van der Waals surface area contributed by atoms with Crippen LogP contribution in [-0.2, 0) is 11.3 Å². The summed E-state index contributed by atoms with van der Waals surface area (Å²) < 4.78 is 44.5. The maximum atomic E-state index is 13.1. The van der Waals surface area contributed by atoms with Gasteiger partial charge in [-0.05, 0) is 37.1 Å². The molecular weight excluding hydrogens is 345 g/mol. The average molecular weight is 363 g/mol. The molecule has 3 nitrogen and oxygen atoms in total. The van der Waals surface area contributed by atoms with Gasteiger partial charge in [0.15, 0.2) is 0 Å². The molecule has 124 valence electrons. The molecule has 0 radical (unpaired) electrons. The van der Waals surface area contributed by atoms with E-state index in [1.807, 2.05) is 0 Å². The van der Waals surface area contributed by atoms with Crippen molar-refractivity contribution in [1.82, 2.24) is 5.32 Å². The minimum absolute atomic E-state index is 0. The molecule has 2 rings (SSSR count). The topological polar surface area (TPSA) is 38.3 Å². The Hall–Kier alpha value is -0.539. The van der Waals surface area contributed by atoms with Crippen LogP contribution in [0.2, 0.25) is 0 Å². The molecule has 2 aromatic carbocycles. The van der Waals surface area contributed by atoms with E-state index in [9.17, 15) is 17.7 Å². The van der Waals surface area contributed by atoms with Crippen molar-refractivity contribution >= 4 is 29.3 Å². The van der Waals surface area contributed by atoms with Crippen molar-refractivity contribution in [2.45, 2.75) is 32.9 Å². The van der Waals surface area contributed by atoms with Crippen LogP contribution in [0.1, 0.15) is 26.3 Å². The van der Waals surface area contributed by atoms with Gasteiger partial charge in [0.2, 0.25) is 0 Å². The first-order valence-electron chi connectivity index (χ1n) is 7.25.